The molecule has 0 aliphatic carbocycles. The van der Waals surface area contributed by atoms with Gasteiger partial charge in [0.1, 0.15) is 5.82 Å². The third-order valence-electron chi connectivity index (χ3n) is 2.50. The second-order valence-corrected chi connectivity index (χ2v) is 4.00. The second-order valence-electron chi connectivity index (χ2n) is 4.00. The number of benzene rings is 1. The molecule has 0 radical (unpaired) electrons. The van der Waals surface area contributed by atoms with E-state index in [1.54, 1.807) is 13.2 Å². The SMILES string of the molecule is COCCCNC(C)Cc1ccccc1F. The van der Waals surface area contributed by atoms with Crippen molar-refractivity contribution in [3.63, 3.8) is 0 Å². The topological polar surface area (TPSA) is 21.3 Å². The van der Waals surface area contributed by atoms with Crippen LogP contribution in [0.1, 0.15) is 18.9 Å². The lowest BCUT2D eigenvalue weighted by molar-refractivity contribution is 0.193. The monoisotopic (exact) mass is 225 g/mol. The van der Waals surface area contributed by atoms with Crippen molar-refractivity contribution in [3.8, 4) is 0 Å². The molecule has 1 atom stereocenters. The summed E-state index contributed by atoms with van der Waals surface area (Å²) < 4.78 is 18.3. The highest BCUT2D eigenvalue weighted by Gasteiger charge is 2.06. The highest BCUT2D eigenvalue weighted by molar-refractivity contribution is 5.18. The third kappa shape index (κ3) is 4.73. The molecule has 0 bridgehead atoms. The summed E-state index contributed by atoms with van der Waals surface area (Å²) in [5.74, 6) is -0.118. The Balaban J connectivity index is 2.28. The van der Waals surface area contributed by atoms with Crippen LogP contribution in [0.5, 0.6) is 0 Å². The van der Waals surface area contributed by atoms with Crippen molar-refractivity contribution in [2.75, 3.05) is 20.3 Å². The predicted molar refractivity (Wildman–Crippen MR) is 64.1 cm³/mol. The summed E-state index contributed by atoms with van der Waals surface area (Å²) in [4.78, 5) is 0. The molecule has 0 amide bonds. The van der Waals surface area contributed by atoms with Crippen LogP contribution in [-0.2, 0) is 11.2 Å². The predicted octanol–water partition coefficient (Wildman–Crippen LogP) is 2.38. The largest absolute Gasteiger partial charge is 0.385 e. The Labute approximate surface area is 96.8 Å². The smallest absolute Gasteiger partial charge is 0.126 e. The van der Waals surface area contributed by atoms with E-state index in [9.17, 15) is 4.39 Å². The molecule has 0 aliphatic rings. The van der Waals surface area contributed by atoms with Crippen LogP contribution in [0.2, 0.25) is 0 Å². The van der Waals surface area contributed by atoms with Crippen LogP contribution in [0, 0.1) is 5.82 Å². The van der Waals surface area contributed by atoms with Gasteiger partial charge in [0.15, 0.2) is 0 Å². The zero-order valence-corrected chi connectivity index (χ0v) is 10.0. The van der Waals surface area contributed by atoms with Crippen molar-refractivity contribution in [1.82, 2.24) is 5.32 Å². The number of nitrogens with one attached hydrogen (secondary N) is 1. The summed E-state index contributed by atoms with van der Waals surface area (Å²) >= 11 is 0. The maximum absolute atomic E-state index is 13.3. The van der Waals surface area contributed by atoms with E-state index >= 15 is 0 Å². The first-order valence-corrected chi connectivity index (χ1v) is 5.69. The fourth-order valence-corrected chi connectivity index (χ4v) is 1.63. The normalized spacial score (nSPS) is 12.7. The molecular formula is C13H20FNO. The summed E-state index contributed by atoms with van der Waals surface area (Å²) in [7, 11) is 1.70. The van der Waals surface area contributed by atoms with Gasteiger partial charge in [0.2, 0.25) is 0 Å². The van der Waals surface area contributed by atoms with Crippen LogP contribution in [0.25, 0.3) is 0 Å². The fourth-order valence-electron chi connectivity index (χ4n) is 1.63. The minimum absolute atomic E-state index is 0.118. The molecule has 1 unspecified atom stereocenters. The van der Waals surface area contributed by atoms with Crippen molar-refractivity contribution < 1.29 is 9.13 Å². The van der Waals surface area contributed by atoms with Crippen LogP contribution in [-0.4, -0.2) is 26.3 Å². The Morgan fingerprint density at radius 2 is 2.12 bits per heavy atom. The van der Waals surface area contributed by atoms with E-state index < -0.39 is 0 Å². The molecule has 0 spiro atoms. The Bertz CT molecular complexity index is 304. The lowest BCUT2D eigenvalue weighted by atomic mass is 10.1. The molecule has 0 saturated heterocycles. The molecule has 0 fully saturated rings. The number of hydrogen-bond donors (Lipinski definition) is 1. The first kappa shape index (κ1) is 13.1. The number of hydrogen-bond acceptors (Lipinski definition) is 2. The van der Waals surface area contributed by atoms with Gasteiger partial charge in [-0.25, -0.2) is 4.39 Å². The van der Waals surface area contributed by atoms with Gasteiger partial charge in [-0.2, -0.15) is 0 Å². The average molecular weight is 225 g/mol. The van der Waals surface area contributed by atoms with Gasteiger partial charge in [-0.3, -0.25) is 0 Å². The number of halogens is 1. The van der Waals surface area contributed by atoms with Crippen molar-refractivity contribution >= 4 is 0 Å². The molecule has 0 aliphatic heterocycles. The van der Waals surface area contributed by atoms with E-state index in [0.717, 1.165) is 31.6 Å². The molecule has 3 heteroatoms. The van der Waals surface area contributed by atoms with Gasteiger partial charge >= 0.3 is 0 Å². The van der Waals surface area contributed by atoms with Crippen molar-refractivity contribution in [2.24, 2.45) is 0 Å². The molecule has 16 heavy (non-hydrogen) atoms. The van der Waals surface area contributed by atoms with Crippen molar-refractivity contribution in [1.29, 1.82) is 0 Å². The molecule has 1 aromatic carbocycles. The highest BCUT2D eigenvalue weighted by Crippen LogP contribution is 2.08. The molecule has 0 saturated carbocycles. The summed E-state index contributed by atoms with van der Waals surface area (Å²) in [5.41, 5.74) is 0.772. The van der Waals surface area contributed by atoms with Crippen LogP contribution < -0.4 is 5.32 Å². The van der Waals surface area contributed by atoms with Crippen LogP contribution in [0.15, 0.2) is 24.3 Å². The highest BCUT2D eigenvalue weighted by atomic mass is 19.1. The zero-order valence-electron chi connectivity index (χ0n) is 10.0. The van der Waals surface area contributed by atoms with Gasteiger partial charge in [-0.05, 0) is 37.9 Å². The molecule has 1 aromatic rings. The standard InChI is InChI=1S/C13H20FNO/c1-11(15-8-5-9-16-2)10-12-6-3-4-7-13(12)14/h3-4,6-7,11,15H,5,8-10H2,1-2H3. The Morgan fingerprint density at radius 3 is 2.81 bits per heavy atom. The lowest BCUT2D eigenvalue weighted by Gasteiger charge is -2.14. The van der Waals surface area contributed by atoms with Crippen molar-refractivity contribution in [2.45, 2.75) is 25.8 Å². The van der Waals surface area contributed by atoms with E-state index in [0.29, 0.717) is 0 Å². The van der Waals surface area contributed by atoms with Gasteiger partial charge in [-0.15, -0.1) is 0 Å². The molecular weight excluding hydrogens is 205 g/mol. The number of methoxy groups -OCH3 is 1. The van der Waals surface area contributed by atoms with Crippen molar-refractivity contribution in [3.05, 3.63) is 35.6 Å². The van der Waals surface area contributed by atoms with E-state index in [1.807, 2.05) is 12.1 Å². The minimum atomic E-state index is -0.118. The molecule has 1 N–H and O–H groups in total. The van der Waals surface area contributed by atoms with E-state index in [-0.39, 0.29) is 11.9 Å². The van der Waals surface area contributed by atoms with Gasteiger partial charge in [0.05, 0.1) is 0 Å². The van der Waals surface area contributed by atoms with Gasteiger partial charge < -0.3 is 10.1 Å². The first-order chi connectivity index (χ1) is 7.74. The maximum atomic E-state index is 13.3. The lowest BCUT2D eigenvalue weighted by Crippen LogP contribution is -2.29. The van der Waals surface area contributed by atoms with Crippen LogP contribution >= 0.6 is 0 Å². The minimum Gasteiger partial charge on any atom is -0.385 e. The third-order valence-corrected chi connectivity index (χ3v) is 2.50. The van der Waals surface area contributed by atoms with Gasteiger partial charge in [0, 0.05) is 19.8 Å². The molecule has 0 heterocycles. The zero-order chi connectivity index (χ0) is 11.8. The second kappa shape index (κ2) is 7.36. The molecule has 2 nitrogen and oxygen atoms in total. The Hall–Kier alpha value is -0.930. The van der Waals surface area contributed by atoms with E-state index in [1.165, 1.54) is 6.07 Å². The van der Waals surface area contributed by atoms with Gasteiger partial charge in [-0.1, -0.05) is 18.2 Å². The van der Waals surface area contributed by atoms with Crippen LogP contribution in [0.4, 0.5) is 4.39 Å². The quantitative estimate of drug-likeness (QED) is 0.719. The van der Waals surface area contributed by atoms with E-state index in [2.05, 4.69) is 12.2 Å². The summed E-state index contributed by atoms with van der Waals surface area (Å²) in [6, 6.07) is 7.22. The summed E-state index contributed by atoms with van der Waals surface area (Å²) in [6.07, 6.45) is 1.71. The fraction of sp³-hybridized carbons (Fsp3) is 0.538. The first-order valence-electron chi connectivity index (χ1n) is 5.69. The molecule has 0 aromatic heterocycles. The van der Waals surface area contributed by atoms with Gasteiger partial charge in [0.25, 0.3) is 0 Å². The maximum Gasteiger partial charge on any atom is 0.126 e. The average Bonchev–Trinajstić information content (AvgIpc) is 2.28. The van der Waals surface area contributed by atoms with Crippen LogP contribution in [0.3, 0.4) is 0 Å². The molecule has 1 rings (SSSR count). The number of ether oxygens (including phenoxy) is 1. The Kier molecular flexibility index (Phi) is 6.04. The number of rotatable bonds is 7. The summed E-state index contributed by atoms with van der Waals surface area (Å²) in [6.45, 7) is 3.74. The summed E-state index contributed by atoms with van der Waals surface area (Å²) in [5, 5.41) is 3.35. The molecule has 90 valence electrons. The Morgan fingerprint density at radius 1 is 1.38 bits per heavy atom. The van der Waals surface area contributed by atoms with E-state index in [4.69, 9.17) is 4.74 Å².